The zero-order valence-corrected chi connectivity index (χ0v) is 11.0. The number of fused-ring (bicyclic) bond motifs is 1. The number of para-hydroxylation sites is 1. The summed E-state index contributed by atoms with van der Waals surface area (Å²) in [5.74, 6) is -0.176. The van der Waals surface area contributed by atoms with Crippen molar-refractivity contribution >= 4 is 17.0 Å². The van der Waals surface area contributed by atoms with Crippen LogP contribution in [0.3, 0.4) is 0 Å². The molecule has 1 aromatic heterocycles. The van der Waals surface area contributed by atoms with Crippen LogP contribution < -0.4 is 0 Å². The van der Waals surface area contributed by atoms with E-state index in [4.69, 9.17) is 0 Å². The third-order valence-electron chi connectivity index (χ3n) is 4.13. The normalized spacial score (nSPS) is 23.6. The van der Waals surface area contributed by atoms with E-state index in [0.29, 0.717) is 17.5 Å². The molecule has 4 heteroatoms. The van der Waals surface area contributed by atoms with Gasteiger partial charge in [0.15, 0.2) is 0 Å². The first kappa shape index (κ1) is 12.2. The molecule has 0 amide bonds. The summed E-state index contributed by atoms with van der Waals surface area (Å²) < 4.78 is 2.08. The molecule has 2 atom stereocenters. The number of carboxylic acids is 1. The van der Waals surface area contributed by atoms with Crippen molar-refractivity contribution < 1.29 is 9.90 Å². The Balaban J connectivity index is 2.11. The fraction of sp³-hybridized carbons (Fsp3) is 0.467. The van der Waals surface area contributed by atoms with Gasteiger partial charge in [0.1, 0.15) is 0 Å². The minimum absolute atomic E-state index is 0.355. The molecule has 100 valence electrons. The van der Waals surface area contributed by atoms with Crippen molar-refractivity contribution in [3.05, 3.63) is 30.1 Å². The van der Waals surface area contributed by atoms with E-state index < -0.39 is 5.97 Å². The van der Waals surface area contributed by atoms with E-state index in [1.807, 2.05) is 6.07 Å². The minimum Gasteiger partial charge on any atom is -0.478 e. The first-order valence-electron chi connectivity index (χ1n) is 6.85. The molecule has 3 rings (SSSR count). The summed E-state index contributed by atoms with van der Waals surface area (Å²) in [6.45, 7) is 2.27. The molecule has 2 aromatic rings. The maximum Gasteiger partial charge on any atom is 0.337 e. The van der Waals surface area contributed by atoms with E-state index in [2.05, 4.69) is 16.5 Å². The summed E-state index contributed by atoms with van der Waals surface area (Å²) in [4.78, 5) is 15.7. The Hall–Kier alpha value is -1.84. The molecule has 1 aliphatic rings. The second kappa shape index (κ2) is 4.68. The third kappa shape index (κ3) is 2.11. The Labute approximate surface area is 112 Å². The van der Waals surface area contributed by atoms with Gasteiger partial charge < -0.3 is 9.67 Å². The highest BCUT2D eigenvalue weighted by molar-refractivity contribution is 6.01. The molecule has 1 heterocycles. The lowest BCUT2D eigenvalue weighted by atomic mass is 9.87. The van der Waals surface area contributed by atoms with E-state index in [-0.39, 0.29) is 0 Å². The van der Waals surface area contributed by atoms with Gasteiger partial charge in [-0.2, -0.15) is 0 Å². The van der Waals surface area contributed by atoms with Crippen molar-refractivity contribution in [1.29, 1.82) is 0 Å². The van der Waals surface area contributed by atoms with E-state index in [0.717, 1.165) is 23.9 Å². The molecule has 0 aliphatic heterocycles. The van der Waals surface area contributed by atoms with Gasteiger partial charge in [0.05, 0.1) is 22.9 Å². The van der Waals surface area contributed by atoms with Crippen LogP contribution in [-0.2, 0) is 0 Å². The number of rotatable bonds is 2. The summed E-state index contributed by atoms with van der Waals surface area (Å²) >= 11 is 0. The van der Waals surface area contributed by atoms with Crippen LogP contribution in [0.5, 0.6) is 0 Å². The highest BCUT2D eigenvalue weighted by Gasteiger charge is 2.23. The van der Waals surface area contributed by atoms with Crippen LogP contribution in [-0.4, -0.2) is 20.6 Å². The molecule has 1 aromatic carbocycles. The second-order valence-corrected chi connectivity index (χ2v) is 5.56. The van der Waals surface area contributed by atoms with Crippen LogP contribution in [0.2, 0.25) is 0 Å². The van der Waals surface area contributed by atoms with E-state index in [1.54, 1.807) is 18.5 Å². The highest BCUT2D eigenvalue weighted by Crippen LogP contribution is 2.34. The molecular weight excluding hydrogens is 240 g/mol. The van der Waals surface area contributed by atoms with Crippen LogP contribution >= 0.6 is 0 Å². The van der Waals surface area contributed by atoms with Gasteiger partial charge in [-0.3, -0.25) is 0 Å². The Bertz CT molecular complexity index is 618. The quantitative estimate of drug-likeness (QED) is 0.897. The smallest absolute Gasteiger partial charge is 0.337 e. The minimum atomic E-state index is -0.879. The van der Waals surface area contributed by atoms with Crippen molar-refractivity contribution in [2.45, 2.75) is 38.6 Å². The highest BCUT2D eigenvalue weighted by atomic mass is 16.4. The van der Waals surface area contributed by atoms with Gasteiger partial charge in [-0.25, -0.2) is 9.78 Å². The summed E-state index contributed by atoms with van der Waals surface area (Å²) in [5, 5.41) is 9.33. The van der Waals surface area contributed by atoms with Crippen LogP contribution in [0.15, 0.2) is 24.5 Å². The van der Waals surface area contributed by atoms with Gasteiger partial charge in [0, 0.05) is 6.04 Å². The van der Waals surface area contributed by atoms with Gasteiger partial charge in [0.2, 0.25) is 0 Å². The zero-order chi connectivity index (χ0) is 13.4. The number of aromatic nitrogens is 2. The Morgan fingerprint density at radius 1 is 1.42 bits per heavy atom. The van der Waals surface area contributed by atoms with E-state index in [1.165, 1.54) is 12.8 Å². The maximum absolute atomic E-state index is 11.4. The fourth-order valence-corrected chi connectivity index (χ4v) is 3.19. The molecule has 1 aliphatic carbocycles. The topological polar surface area (TPSA) is 55.1 Å². The molecule has 0 saturated heterocycles. The number of imidazole rings is 1. The molecular formula is C15H18N2O2. The van der Waals surface area contributed by atoms with Crippen molar-refractivity contribution in [2.75, 3.05) is 0 Å². The van der Waals surface area contributed by atoms with Crippen LogP contribution in [0.4, 0.5) is 0 Å². The molecule has 1 N–H and O–H groups in total. The number of nitrogens with zero attached hydrogens (tertiary/aromatic N) is 2. The van der Waals surface area contributed by atoms with Gasteiger partial charge in [0.25, 0.3) is 0 Å². The number of carbonyl (C=O) groups is 1. The van der Waals surface area contributed by atoms with Crippen molar-refractivity contribution in [2.24, 2.45) is 5.92 Å². The van der Waals surface area contributed by atoms with Crippen molar-refractivity contribution in [3.8, 4) is 0 Å². The predicted molar refractivity (Wildman–Crippen MR) is 73.4 cm³/mol. The molecule has 2 unspecified atom stereocenters. The molecule has 1 fully saturated rings. The summed E-state index contributed by atoms with van der Waals surface area (Å²) in [6.07, 6.45) is 6.51. The van der Waals surface area contributed by atoms with Crippen molar-refractivity contribution in [1.82, 2.24) is 9.55 Å². The first-order valence-corrected chi connectivity index (χ1v) is 6.85. The number of hydrogen-bond donors (Lipinski definition) is 1. The van der Waals surface area contributed by atoms with Gasteiger partial charge in [-0.05, 0) is 30.9 Å². The van der Waals surface area contributed by atoms with E-state index >= 15 is 0 Å². The lowest BCUT2D eigenvalue weighted by molar-refractivity contribution is 0.0698. The molecule has 1 saturated carbocycles. The Morgan fingerprint density at radius 2 is 2.26 bits per heavy atom. The third-order valence-corrected chi connectivity index (χ3v) is 4.13. The summed E-state index contributed by atoms with van der Waals surface area (Å²) in [6, 6.07) is 5.68. The van der Waals surface area contributed by atoms with Gasteiger partial charge >= 0.3 is 5.97 Å². The molecule has 4 nitrogen and oxygen atoms in total. The molecule has 19 heavy (non-hydrogen) atoms. The van der Waals surface area contributed by atoms with Crippen LogP contribution in [0.1, 0.15) is 49.0 Å². The van der Waals surface area contributed by atoms with Gasteiger partial charge in [-0.1, -0.05) is 25.8 Å². The lowest BCUT2D eigenvalue weighted by Crippen LogP contribution is -2.17. The fourth-order valence-electron chi connectivity index (χ4n) is 3.19. The SMILES string of the molecule is CC1CCCC(n2cnc3cccc(C(=O)O)c32)C1. The Morgan fingerprint density at radius 3 is 3.00 bits per heavy atom. The standard InChI is InChI=1S/C15H18N2O2/c1-10-4-2-5-11(8-10)17-9-16-13-7-3-6-12(14(13)17)15(18)19/h3,6-7,9-11H,2,4-5,8H2,1H3,(H,18,19). The summed E-state index contributed by atoms with van der Waals surface area (Å²) in [7, 11) is 0. The number of hydrogen-bond acceptors (Lipinski definition) is 2. The average molecular weight is 258 g/mol. The zero-order valence-electron chi connectivity index (χ0n) is 11.0. The number of carboxylic acid groups (broad SMARTS) is 1. The van der Waals surface area contributed by atoms with Crippen LogP contribution in [0, 0.1) is 5.92 Å². The second-order valence-electron chi connectivity index (χ2n) is 5.56. The first-order chi connectivity index (χ1) is 9.16. The average Bonchev–Trinajstić information content (AvgIpc) is 2.82. The number of aromatic carboxylic acids is 1. The van der Waals surface area contributed by atoms with Gasteiger partial charge in [-0.15, -0.1) is 0 Å². The Kier molecular flexibility index (Phi) is 3.01. The predicted octanol–water partition coefficient (Wildman–Crippen LogP) is 3.49. The lowest BCUT2D eigenvalue weighted by Gasteiger charge is -2.28. The molecule has 0 spiro atoms. The molecule has 0 bridgehead atoms. The summed E-state index contributed by atoms with van der Waals surface area (Å²) in [5.41, 5.74) is 1.90. The largest absolute Gasteiger partial charge is 0.478 e. The molecule has 0 radical (unpaired) electrons. The number of benzene rings is 1. The van der Waals surface area contributed by atoms with Crippen molar-refractivity contribution in [3.63, 3.8) is 0 Å². The maximum atomic E-state index is 11.4. The van der Waals surface area contributed by atoms with Crippen LogP contribution in [0.25, 0.3) is 11.0 Å². The van der Waals surface area contributed by atoms with E-state index in [9.17, 15) is 9.90 Å². The monoisotopic (exact) mass is 258 g/mol.